The topological polar surface area (TPSA) is 102 Å². The molecular formula is C23H22N6O3. The van der Waals surface area contributed by atoms with Crippen LogP contribution in [-0.2, 0) is 16.0 Å². The number of ether oxygens (including phenoxy) is 1. The molecule has 2 aromatic heterocycles. The van der Waals surface area contributed by atoms with E-state index in [0.717, 1.165) is 11.3 Å². The van der Waals surface area contributed by atoms with Gasteiger partial charge in [0.25, 0.3) is 0 Å². The summed E-state index contributed by atoms with van der Waals surface area (Å²) in [6.45, 7) is 0. The van der Waals surface area contributed by atoms with Crippen molar-refractivity contribution in [1.82, 2.24) is 19.6 Å². The van der Waals surface area contributed by atoms with E-state index in [1.807, 2.05) is 42.3 Å². The first kappa shape index (κ1) is 21.0. The van der Waals surface area contributed by atoms with Gasteiger partial charge in [-0.15, -0.1) is 0 Å². The van der Waals surface area contributed by atoms with Crippen molar-refractivity contribution in [2.45, 2.75) is 12.8 Å². The smallest absolute Gasteiger partial charge is 0.337 e. The molecule has 0 spiro atoms. The first-order valence-corrected chi connectivity index (χ1v) is 10.0. The van der Waals surface area contributed by atoms with E-state index in [9.17, 15) is 9.59 Å². The Hall–Kier alpha value is -4.27. The number of fused-ring (bicyclic) bond motifs is 1. The highest BCUT2D eigenvalue weighted by Crippen LogP contribution is 2.22. The van der Waals surface area contributed by atoms with Crippen molar-refractivity contribution in [3.05, 3.63) is 78.2 Å². The summed E-state index contributed by atoms with van der Waals surface area (Å²) in [5, 5.41) is 7.26. The molecule has 0 atom stereocenters. The number of rotatable bonds is 7. The van der Waals surface area contributed by atoms with Gasteiger partial charge in [0.2, 0.25) is 11.9 Å². The molecule has 0 radical (unpaired) electrons. The third-order valence-electron chi connectivity index (χ3n) is 5.01. The molecule has 9 nitrogen and oxygen atoms in total. The SMILES string of the molecule is COC(=O)c1ccc(NC(=O)CCc2cnn3c(N(C)c4ccccc4)ncnc23)cc1. The number of anilines is 3. The number of hydrogen-bond acceptors (Lipinski definition) is 7. The van der Waals surface area contributed by atoms with Gasteiger partial charge in [0, 0.05) is 30.4 Å². The van der Waals surface area contributed by atoms with Gasteiger partial charge < -0.3 is 15.0 Å². The first-order valence-electron chi connectivity index (χ1n) is 10.0. The average molecular weight is 430 g/mol. The maximum atomic E-state index is 12.4. The van der Waals surface area contributed by atoms with Crippen LogP contribution in [-0.4, -0.2) is 45.6 Å². The monoisotopic (exact) mass is 430 g/mol. The van der Waals surface area contributed by atoms with Gasteiger partial charge in [0.15, 0.2) is 5.65 Å². The molecule has 32 heavy (non-hydrogen) atoms. The zero-order valence-electron chi connectivity index (χ0n) is 17.7. The molecule has 162 valence electrons. The highest BCUT2D eigenvalue weighted by Gasteiger charge is 2.15. The van der Waals surface area contributed by atoms with E-state index in [0.29, 0.717) is 29.3 Å². The van der Waals surface area contributed by atoms with Crippen molar-refractivity contribution in [1.29, 1.82) is 0 Å². The minimum absolute atomic E-state index is 0.147. The summed E-state index contributed by atoms with van der Waals surface area (Å²) < 4.78 is 6.35. The predicted molar refractivity (Wildman–Crippen MR) is 120 cm³/mol. The molecule has 0 bridgehead atoms. The number of methoxy groups -OCH3 is 1. The number of para-hydroxylation sites is 1. The molecule has 0 saturated carbocycles. The summed E-state index contributed by atoms with van der Waals surface area (Å²) in [6.07, 6.45) is 3.94. The Bertz CT molecular complexity index is 1240. The average Bonchev–Trinajstić information content (AvgIpc) is 3.26. The summed E-state index contributed by atoms with van der Waals surface area (Å²) in [5.74, 6) is 0.0590. The van der Waals surface area contributed by atoms with Gasteiger partial charge in [0.05, 0.1) is 18.9 Å². The van der Waals surface area contributed by atoms with Gasteiger partial charge in [-0.2, -0.15) is 9.61 Å². The fourth-order valence-corrected chi connectivity index (χ4v) is 3.30. The van der Waals surface area contributed by atoms with Crippen molar-refractivity contribution in [2.75, 3.05) is 24.4 Å². The summed E-state index contributed by atoms with van der Waals surface area (Å²) in [4.78, 5) is 34.6. The summed E-state index contributed by atoms with van der Waals surface area (Å²) >= 11 is 0. The van der Waals surface area contributed by atoms with E-state index in [4.69, 9.17) is 0 Å². The molecule has 9 heteroatoms. The number of carbonyl (C=O) groups excluding carboxylic acids is 2. The maximum absolute atomic E-state index is 12.4. The second-order valence-corrected chi connectivity index (χ2v) is 7.09. The van der Waals surface area contributed by atoms with Crippen LogP contribution in [0, 0.1) is 0 Å². The molecule has 0 aliphatic carbocycles. The van der Waals surface area contributed by atoms with Gasteiger partial charge in [0.1, 0.15) is 6.33 Å². The third kappa shape index (κ3) is 4.41. The number of aromatic nitrogens is 4. The lowest BCUT2D eigenvalue weighted by Crippen LogP contribution is -2.16. The molecule has 0 fully saturated rings. The lowest BCUT2D eigenvalue weighted by atomic mass is 10.1. The van der Waals surface area contributed by atoms with Gasteiger partial charge in [-0.1, -0.05) is 18.2 Å². The molecule has 1 amide bonds. The third-order valence-corrected chi connectivity index (χ3v) is 5.01. The van der Waals surface area contributed by atoms with Gasteiger partial charge >= 0.3 is 5.97 Å². The van der Waals surface area contributed by atoms with E-state index >= 15 is 0 Å². The molecule has 2 aromatic carbocycles. The Morgan fingerprint density at radius 1 is 1.06 bits per heavy atom. The van der Waals surface area contributed by atoms with Crippen LogP contribution in [0.2, 0.25) is 0 Å². The van der Waals surface area contributed by atoms with Gasteiger partial charge in [-0.25, -0.2) is 14.8 Å². The zero-order chi connectivity index (χ0) is 22.5. The first-order chi connectivity index (χ1) is 15.6. The summed E-state index contributed by atoms with van der Waals surface area (Å²) in [7, 11) is 3.24. The fraction of sp³-hybridized carbons (Fsp3) is 0.174. The number of benzene rings is 2. The molecular weight excluding hydrogens is 408 g/mol. The molecule has 0 saturated heterocycles. The normalized spacial score (nSPS) is 10.7. The van der Waals surface area contributed by atoms with E-state index in [-0.39, 0.29) is 12.3 Å². The number of carbonyl (C=O) groups is 2. The largest absolute Gasteiger partial charge is 0.465 e. The molecule has 1 N–H and O–H groups in total. The maximum Gasteiger partial charge on any atom is 0.337 e. The Morgan fingerprint density at radius 2 is 1.81 bits per heavy atom. The van der Waals surface area contributed by atoms with Crippen molar-refractivity contribution in [3.8, 4) is 0 Å². The highest BCUT2D eigenvalue weighted by atomic mass is 16.5. The molecule has 4 rings (SSSR count). The van der Waals surface area contributed by atoms with E-state index in [2.05, 4.69) is 25.1 Å². The lowest BCUT2D eigenvalue weighted by molar-refractivity contribution is -0.116. The predicted octanol–water partition coefficient (Wildman–Crippen LogP) is 3.25. The molecule has 0 aliphatic rings. The van der Waals surface area contributed by atoms with Crippen LogP contribution in [0.25, 0.3) is 5.65 Å². The highest BCUT2D eigenvalue weighted by molar-refractivity contribution is 5.93. The number of aryl methyl sites for hydroxylation is 1. The Labute approximate surface area is 184 Å². The molecule has 2 heterocycles. The Balaban J connectivity index is 1.44. The fourth-order valence-electron chi connectivity index (χ4n) is 3.30. The quantitative estimate of drug-likeness (QED) is 0.449. The number of esters is 1. The second-order valence-electron chi connectivity index (χ2n) is 7.09. The van der Waals surface area contributed by atoms with E-state index in [1.165, 1.54) is 13.4 Å². The number of nitrogens with zero attached hydrogens (tertiary/aromatic N) is 5. The van der Waals surface area contributed by atoms with Crippen molar-refractivity contribution < 1.29 is 14.3 Å². The zero-order valence-corrected chi connectivity index (χ0v) is 17.7. The van der Waals surface area contributed by atoms with Gasteiger partial charge in [-0.05, 0) is 42.8 Å². The number of nitrogens with one attached hydrogen (secondary N) is 1. The van der Waals surface area contributed by atoms with Crippen molar-refractivity contribution >= 4 is 34.8 Å². The van der Waals surface area contributed by atoms with E-state index in [1.54, 1.807) is 35.0 Å². The van der Waals surface area contributed by atoms with Crippen LogP contribution in [0.4, 0.5) is 17.3 Å². The molecule has 0 unspecified atom stereocenters. The van der Waals surface area contributed by atoms with Crippen molar-refractivity contribution in [3.63, 3.8) is 0 Å². The molecule has 4 aromatic rings. The minimum atomic E-state index is -0.421. The summed E-state index contributed by atoms with van der Waals surface area (Å²) in [6, 6.07) is 16.4. The van der Waals surface area contributed by atoms with Crippen LogP contribution in [0.3, 0.4) is 0 Å². The number of hydrogen-bond donors (Lipinski definition) is 1. The Morgan fingerprint density at radius 3 is 2.53 bits per heavy atom. The standard InChI is InChI=1S/C23H22N6O3/c1-28(19-6-4-3-5-7-19)23-25-15-24-21-17(14-26-29(21)23)10-13-20(30)27-18-11-8-16(9-12-18)22(31)32-2/h3-9,11-12,14-15H,10,13H2,1-2H3,(H,27,30). The Kier molecular flexibility index (Phi) is 6.07. The van der Waals surface area contributed by atoms with Crippen LogP contribution in [0.15, 0.2) is 67.1 Å². The number of amides is 1. The van der Waals surface area contributed by atoms with Gasteiger partial charge in [-0.3, -0.25) is 4.79 Å². The lowest BCUT2D eigenvalue weighted by Gasteiger charge is -2.18. The molecule has 0 aliphatic heterocycles. The van der Waals surface area contributed by atoms with Crippen LogP contribution >= 0.6 is 0 Å². The van der Waals surface area contributed by atoms with E-state index < -0.39 is 5.97 Å². The summed E-state index contributed by atoms with van der Waals surface area (Å²) in [5.41, 5.74) is 3.52. The second kappa shape index (κ2) is 9.25. The van der Waals surface area contributed by atoms with Crippen LogP contribution in [0.5, 0.6) is 0 Å². The minimum Gasteiger partial charge on any atom is -0.465 e. The van der Waals surface area contributed by atoms with Crippen molar-refractivity contribution in [2.24, 2.45) is 0 Å². The van der Waals surface area contributed by atoms with Crippen LogP contribution in [0.1, 0.15) is 22.3 Å². The van der Waals surface area contributed by atoms with Crippen LogP contribution < -0.4 is 10.2 Å².